The molecule has 0 bridgehead atoms. The molecule has 0 aromatic heterocycles. The van der Waals surface area contributed by atoms with Crippen molar-refractivity contribution in [1.29, 1.82) is 0 Å². The number of carbonyl (C=O) groups excluding carboxylic acids is 2. The minimum Gasteiger partial charge on any atom is -0.497 e. The van der Waals surface area contributed by atoms with Gasteiger partial charge in [-0.15, -0.1) is 0 Å². The number of hydrogen-bond acceptors (Lipinski definition) is 4. The van der Waals surface area contributed by atoms with Gasteiger partial charge in [0.1, 0.15) is 5.75 Å². The van der Waals surface area contributed by atoms with Crippen molar-refractivity contribution in [2.24, 2.45) is 0 Å². The Morgan fingerprint density at radius 1 is 1.20 bits per heavy atom. The maximum atomic E-state index is 11.6. The molecule has 1 aromatic carbocycles. The zero-order chi connectivity index (χ0) is 15.0. The molecule has 4 heteroatoms. The fraction of sp³-hybridized carbons (Fsp3) is 0.250. The molecule has 1 N–H and O–H groups in total. The van der Waals surface area contributed by atoms with Crippen LogP contribution >= 0.6 is 0 Å². The van der Waals surface area contributed by atoms with Crippen molar-refractivity contribution < 1.29 is 14.3 Å². The highest BCUT2D eigenvalue weighted by atomic mass is 16.5. The molecule has 0 saturated carbocycles. The van der Waals surface area contributed by atoms with Crippen LogP contribution in [0.4, 0.5) is 0 Å². The number of carbonyl (C=O) groups is 2. The van der Waals surface area contributed by atoms with Crippen molar-refractivity contribution in [3.05, 3.63) is 47.7 Å². The van der Waals surface area contributed by atoms with Crippen LogP contribution in [0.1, 0.15) is 18.9 Å². The van der Waals surface area contributed by atoms with Crippen LogP contribution in [0.2, 0.25) is 0 Å². The molecule has 20 heavy (non-hydrogen) atoms. The zero-order valence-electron chi connectivity index (χ0n) is 12.0. The van der Waals surface area contributed by atoms with E-state index in [0.29, 0.717) is 0 Å². The highest BCUT2D eigenvalue weighted by Crippen LogP contribution is 2.12. The lowest BCUT2D eigenvalue weighted by Gasteiger charge is -1.99. The first-order valence-electron chi connectivity index (χ1n) is 6.29. The molecule has 0 radical (unpaired) electrons. The standard InChI is InChI=1S/C16H19NO3/c1-12(17-2)10-15(19)11-14(18)7-4-13-5-8-16(20-3)9-6-13/h4-10,17H,11H2,1-3H3/b7-4+,12-10-. The minimum atomic E-state index is -0.217. The Morgan fingerprint density at radius 3 is 2.40 bits per heavy atom. The highest BCUT2D eigenvalue weighted by Gasteiger charge is 2.04. The second-order valence-corrected chi connectivity index (χ2v) is 4.29. The second-order valence-electron chi connectivity index (χ2n) is 4.29. The molecule has 0 spiro atoms. The third kappa shape index (κ3) is 5.52. The van der Waals surface area contributed by atoms with Gasteiger partial charge in [0.05, 0.1) is 13.5 Å². The van der Waals surface area contributed by atoms with Gasteiger partial charge < -0.3 is 10.1 Å². The zero-order valence-corrected chi connectivity index (χ0v) is 12.0. The van der Waals surface area contributed by atoms with E-state index in [0.717, 1.165) is 17.0 Å². The predicted molar refractivity (Wildman–Crippen MR) is 79.5 cm³/mol. The summed E-state index contributed by atoms with van der Waals surface area (Å²) in [4.78, 5) is 23.2. The summed E-state index contributed by atoms with van der Waals surface area (Å²) >= 11 is 0. The highest BCUT2D eigenvalue weighted by molar-refractivity contribution is 6.09. The Morgan fingerprint density at radius 2 is 1.85 bits per heavy atom. The van der Waals surface area contributed by atoms with Crippen molar-refractivity contribution >= 4 is 17.6 Å². The molecular formula is C16H19NO3. The Hall–Kier alpha value is -2.36. The molecular weight excluding hydrogens is 254 g/mol. The number of nitrogens with one attached hydrogen (secondary N) is 1. The molecule has 0 unspecified atom stereocenters. The summed E-state index contributed by atoms with van der Waals surface area (Å²) in [6.07, 6.45) is 4.41. The first-order valence-corrected chi connectivity index (χ1v) is 6.29. The van der Waals surface area contributed by atoms with Gasteiger partial charge >= 0.3 is 0 Å². The third-order valence-corrected chi connectivity index (χ3v) is 2.70. The van der Waals surface area contributed by atoms with Crippen LogP contribution in [0.3, 0.4) is 0 Å². The van der Waals surface area contributed by atoms with Gasteiger partial charge in [-0.25, -0.2) is 0 Å². The Bertz CT molecular complexity index is 527. The van der Waals surface area contributed by atoms with Crippen LogP contribution in [-0.4, -0.2) is 25.7 Å². The van der Waals surface area contributed by atoms with E-state index in [1.54, 1.807) is 27.2 Å². The molecule has 0 atom stereocenters. The maximum absolute atomic E-state index is 11.6. The molecule has 0 aliphatic carbocycles. The Labute approximate surface area is 119 Å². The molecule has 0 aliphatic heterocycles. The van der Waals surface area contributed by atoms with Crippen LogP contribution in [0, 0.1) is 0 Å². The Balaban J connectivity index is 2.57. The normalized spacial score (nSPS) is 11.4. The number of hydrogen-bond donors (Lipinski definition) is 1. The average molecular weight is 273 g/mol. The molecule has 4 nitrogen and oxygen atoms in total. The van der Waals surface area contributed by atoms with E-state index in [2.05, 4.69) is 5.32 Å². The predicted octanol–water partition coefficient (Wildman–Crippen LogP) is 2.36. The molecule has 1 rings (SSSR count). The van der Waals surface area contributed by atoms with Crippen molar-refractivity contribution in [3.63, 3.8) is 0 Å². The number of allylic oxidation sites excluding steroid dienone is 3. The van der Waals surface area contributed by atoms with Gasteiger partial charge in [-0.2, -0.15) is 0 Å². The first-order chi connectivity index (χ1) is 9.55. The fourth-order valence-electron chi connectivity index (χ4n) is 1.50. The van der Waals surface area contributed by atoms with Crippen LogP contribution in [0.25, 0.3) is 6.08 Å². The van der Waals surface area contributed by atoms with Crippen molar-refractivity contribution in [2.45, 2.75) is 13.3 Å². The van der Waals surface area contributed by atoms with Gasteiger partial charge in [-0.05, 0) is 30.7 Å². The summed E-state index contributed by atoms with van der Waals surface area (Å²) in [6.45, 7) is 1.77. The molecule has 0 aliphatic rings. The smallest absolute Gasteiger partial charge is 0.165 e. The molecule has 0 fully saturated rings. The van der Waals surface area contributed by atoms with Gasteiger partial charge in [0.15, 0.2) is 11.6 Å². The number of rotatable bonds is 7. The molecule has 0 heterocycles. The lowest BCUT2D eigenvalue weighted by atomic mass is 10.1. The first kappa shape index (κ1) is 15.7. The molecule has 1 aromatic rings. The fourth-order valence-corrected chi connectivity index (χ4v) is 1.50. The summed E-state index contributed by atoms with van der Waals surface area (Å²) in [5.41, 5.74) is 1.62. The minimum absolute atomic E-state index is 0.119. The number of benzene rings is 1. The lowest BCUT2D eigenvalue weighted by Crippen LogP contribution is -2.07. The third-order valence-electron chi connectivity index (χ3n) is 2.70. The van der Waals surface area contributed by atoms with Crippen molar-refractivity contribution in [2.75, 3.05) is 14.2 Å². The quantitative estimate of drug-likeness (QED) is 0.612. The summed E-state index contributed by atoms with van der Waals surface area (Å²) in [5, 5.41) is 2.84. The van der Waals surface area contributed by atoms with Gasteiger partial charge in [0.2, 0.25) is 0 Å². The van der Waals surface area contributed by atoms with E-state index in [9.17, 15) is 9.59 Å². The van der Waals surface area contributed by atoms with Gasteiger partial charge in [-0.1, -0.05) is 18.2 Å². The van der Waals surface area contributed by atoms with E-state index in [1.165, 1.54) is 12.2 Å². The van der Waals surface area contributed by atoms with E-state index in [-0.39, 0.29) is 18.0 Å². The number of methoxy groups -OCH3 is 1. The molecule has 0 amide bonds. The van der Waals surface area contributed by atoms with Crippen LogP contribution in [0.5, 0.6) is 5.75 Å². The van der Waals surface area contributed by atoms with E-state index < -0.39 is 0 Å². The monoisotopic (exact) mass is 273 g/mol. The largest absolute Gasteiger partial charge is 0.497 e. The summed E-state index contributed by atoms with van der Waals surface area (Å²) in [7, 11) is 3.32. The average Bonchev–Trinajstić information content (AvgIpc) is 2.45. The van der Waals surface area contributed by atoms with Crippen molar-refractivity contribution in [1.82, 2.24) is 5.32 Å². The van der Waals surface area contributed by atoms with Gasteiger partial charge in [0.25, 0.3) is 0 Å². The number of ether oxygens (including phenoxy) is 1. The topological polar surface area (TPSA) is 55.4 Å². The van der Waals surface area contributed by atoms with Gasteiger partial charge in [0, 0.05) is 18.8 Å². The van der Waals surface area contributed by atoms with Crippen LogP contribution in [0.15, 0.2) is 42.1 Å². The maximum Gasteiger partial charge on any atom is 0.165 e. The van der Waals surface area contributed by atoms with Crippen LogP contribution < -0.4 is 10.1 Å². The Kier molecular flexibility index (Phi) is 6.23. The van der Waals surface area contributed by atoms with Crippen LogP contribution in [-0.2, 0) is 9.59 Å². The summed E-state index contributed by atoms with van der Waals surface area (Å²) in [6, 6.07) is 7.31. The number of ketones is 2. The molecule has 106 valence electrons. The second kappa shape index (κ2) is 7.94. The van der Waals surface area contributed by atoms with E-state index >= 15 is 0 Å². The summed E-state index contributed by atoms with van der Waals surface area (Å²) < 4.78 is 5.05. The lowest BCUT2D eigenvalue weighted by molar-refractivity contribution is -0.121. The van der Waals surface area contributed by atoms with Gasteiger partial charge in [-0.3, -0.25) is 9.59 Å². The van der Waals surface area contributed by atoms with E-state index in [1.807, 2.05) is 24.3 Å². The summed E-state index contributed by atoms with van der Waals surface area (Å²) in [5.74, 6) is 0.337. The van der Waals surface area contributed by atoms with E-state index in [4.69, 9.17) is 4.74 Å². The molecule has 0 saturated heterocycles. The van der Waals surface area contributed by atoms with Crippen molar-refractivity contribution in [3.8, 4) is 5.75 Å². The SMILES string of the molecule is CN/C(C)=C\C(=O)CC(=O)/C=C/c1ccc(OC)cc1.